The highest BCUT2D eigenvalue weighted by Crippen LogP contribution is 2.48. The number of aromatic nitrogens is 3. The Morgan fingerprint density at radius 2 is 1.86 bits per heavy atom. The minimum atomic E-state index is -0.641. The Bertz CT molecular complexity index is 2030. The number of anilines is 2. The van der Waals surface area contributed by atoms with Gasteiger partial charge >= 0.3 is 6.01 Å². The fourth-order valence-corrected chi connectivity index (χ4v) is 9.80. The molecule has 3 aromatic heterocycles. The molecule has 0 saturated carbocycles. The van der Waals surface area contributed by atoms with Gasteiger partial charge in [-0.2, -0.15) is 15.2 Å². The molecule has 2 N–H and O–H groups in total. The molecule has 4 unspecified atom stereocenters. The molecule has 15 heteroatoms. The molecule has 2 bridgehead atoms. The zero-order valence-corrected chi connectivity index (χ0v) is 28.4. The third-order valence-corrected chi connectivity index (χ3v) is 12.2. The molecule has 7 aliphatic heterocycles. The van der Waals surface area contributed by atoms with E-state index in [1.165, 1.54) is 20.0 Å². The minimum absolute atomic E-state index is 0.0550. The summed E-state index contributed by atoms with van der Waals surface area (Å²) in [5.41, 5.74) is 7.85. The first-order valence-electron chi connectivity index (χ1n) is 17.2. The van der Waals surface area contributed by atoms with Gasteiger partial charge in [0.1, 0.15) is 28.6 Å². The standard InChI is InChI=1S/C28H25F2N7O3S.C7H12FN/c1-38-28-34-24-21(27(35-28)37-13-2-14(37)7-36(6-13)5-12-8-39-9-12)17-11-40-10-16(17)19(22(24)30)23-20-15(3-31)26(32)41-25(20)18(29)4-33-23;8-6-4-7-2-1-3-9(7)5-6/h4,12-14H,2,5-11,32H2,1H3;6-7H,1-5H2. The number of piperidine rings is 1. The van der Waals surface area contributed by atoms with Crippen LogP contribution in [-0.4, -0.2) is 102 Å². The number of benzene rings is 1. The van der Waals surface area contributed by atoms with E-state index in [-0.39, 0.29) is 68.7 Å². The van der Waals surface area contributed by atoms with Crippen molar-refractivity contribution in [2.75, 3.05) is 63.7 Å². The number of halogens is 3. The Morgan fingerprint density at radius 1 is 1.06 bits per heavy atom. The van der Waals surface area contributed by atoms with E-state index in [1.807, 2.05) is 6.07 Å². The summed E-state index contributed by atoms with van der Waals surface area (Å²) in [4.78, 5) is 20.6. The number of nitriles is 1. The molecule has 0 spiro atoms. The third-order valence-electron chi connectivity index (χ3n) is 11.2. The zero-order chi connectivity index (χ0) is 34.3. The van der Waals surface area contributed by atoms with E-state index in [1.54, 1.807) is 0 Å². The van der Waals surface area contributed by atoms with Crippen molar-refractivity contribution >= 4 is 43.1 Å². The van der Waals surface area contributed by atoms with Gasteiger partial charge in [-0.15, -0.1) is 11.3 Å². The molecular weight excluding hydrogens is 669 g/mol. The summed E-state index contributed by atoms with van der Waals surface area (Å²) in [6.07, 6.45) is 4.89. The van der Waals surface area contributed by atoms with Gasteiger partial charge in [0, 0.05) is 61.2 Å². The molecule has 0 amide bonds. The third kappa shape index (κ3) is 5.10. The van der Waals surface area contributed by atoms with Crippen LogP contribution in [0.25, 0.3) is 32.2 Å². The number of methoxy groups -OCH3 is 1. The van der Waals surface area contributed by atoms with Gasteiger partial charge in [-0.3, -0.25) is 14.8 Å². The van der Waals surface area contributed by atoms with Gasteiger partial charge in [0.25, 0.3) is 0 Å². The topological polar surface area (TPSA) is 126 Å². The Morgan fingerprint density at radius 3 is 2.58 bits per heavy atom. The van der Waals surface area contributed by atoms with Gasteiger partial charge in [0.15, 0.2) is 11.6 Å². The second-order valence-corrected chi connectivity index (χ2v) is 15.3. The number of thiophene rings is 1. The van der Waals surface area contributed by atoms with Crippen molar-refractivity contribution in [3.8, 4) is 23.3 Å². The molecule has 0 radical (unpaired) electrons. The molecule has 1 aromatic carbocycles. The van der Waals surface area contributed by atoms with Gasteiger partial charge in [-0.1, -0.05) is 0 Å². The van der Waals surface area contributed by atoms with E-state index in [9.17, 15) is 14.0 Å². The first-order valence-corrected chi connectivity index (χ1v) is 18.0. The number of piperazine rings is 1. The second kappa shape index (κ2) is 12.4. The lowest BCUT2D eigenvalue weighted by Gasteiger charge is -2.57. The number of ether oxygens (including phenoxy) is 3. The van der Waals surface area contributed by atoms with Gasteiger partial charge in [0.2, 0.25) is 0 Å². The van der Waals surface area contributed by atoms with Crippen LogP contribution < -0.4 is 15.4 Å². The smallest absolute Gasteiger partial charge is 0.318 e. The van der Waals surface area contributed by atoms with Crippen molar-refractivity contribution in [2.45, 2.75) is 63.2 Å². The van der Waals surface area contributed by atoms with Crippen molar-refractivity contribution in [3.05, 3.63) is 34.5 Å². The summed E-state index contributed by atoms with van der Waals surface area (Å²) >= 11 is 0.946. The highest BCUT2D eigenvalue weighted by atomic mass is 32.1. The maximum atomic E-state index is 16.8. The fourth-order valence-electron chi connectivity index (χ4n) is 8.88. The lowest BCUT2D eigenvalue weighted by atomic mass is 9.85. The van der Waals surface area contributed by atoms with Crippen LogP contribution in [0, 0.1) is 28.9 Å². The molecule has 11 nitrogen and oxygen atoms in total. The van der Waals surface area contributed by atoms with E-state index in [2.05, 4.69) is 24.7 Å². The summed E-state index contributed by atoms with van der Waals surface area (Å²) in [6.45, 7) is 6.68. The van der Waals surface area contributed by atoms with Crippen molar-refractivity contribution < 1.29 is 27.4 Å². The van der Waals surface area contributed by atoms with Crippen molar-refractivity contribution in [1.82, 2.24) is 24.8 Å². The summed E-state index contributed by atoms with van der Waals surface area (Å²) in [5.74, 6) is -0.0368. The van der Waals surface area contributed by atoms with E-state index in [0.29, 0.717) is 35.3 Å². The van der Waals surface area contributed by atoms with Gasteiger partial charge in [-0.05, 0) is 43.4 Å². The number of nitrogen functional groups attached to an aromatic ring is 1. The molecule has 11 rings (SSSR count). The van der Waals surface area contributed by atoms with Gasteiger partial charge in [0.05, 0.1) is 61.1 Å². The molecular formula is C35H37F3N8O3S. The fraction of sp³-hybridized carbons (Fsp3) is 0.543. The second-order valence-electron chi connectivity index (χ2n) is 14.2. The Labute approximate surface area is 290 Å². The SMILES string of the molecule is COc1nc(N2C3CC2CN(CC2COC2)C3)c2c3c(c(-c4ncc(F)c5sc(N)c(C#N)c45)c(F)c2n1)COC3.FC1CC2CCCN2C1. The van der Waals surface area contributed by atoms with Crippen LogP contribution in [0.15, 0.2) is 6.20 Å². The molecule has 7 aliphatic rings. The molecule has 10 heterocycles. The van der Waals surface area contributed by atoms with Gasteiger partial charge < -0.3 is 24.8 Å². The van der Waals surface area contributed by atoms with Crippen LogP contribution in [0.1, 0.15) is 42.4 Å². The maximum absolute atomic E-state index is 16.8. The predicted molar refractivity (Wildman–Crippen MR) is 182 cm³/mol. The van der Waals surface area contributed by atoms with Crippen LogP contribution in [0.5, 0.6) is 6.01 Å². The number of fused-ring (bicyclic) bond motifs is 7. The predicted octanol–water partition coefficient (Wildman–Crippen LogP) is 4.78. The molecule has 50 heavy (non-hydrogen) atoms. The number of rotatable bonds is 5. The first kappa shape index (κ1) is 32.1. The summed E-state index contributed by atoms with van der Waals surface area (Å²) in [5, 5.41) is 10.8. The quantitative estimate of drug-likeness (QED) is 0.308. The van der Waals surface area contributed by atoms with Crippen LogP contribution in [0.2, 0.25) is 0 Å². The average Bonchev–Trinajstić information content (AvgIpc) is 3.88. The van der Waals surface area contributed by atoms with Crippen molar-refractivity contribution in [3.63, 3.8) is 0 Å². The zero-order valence-electron chi connectivity index (χ0n) is 27.6. The lowest BCUT2D eigenvalue weighted by molar-refractivity contribution is -0.0543. The van der Waals surface area contributed by atoms with Crippen molar-refractivity contribution in [2.24, 2.45) is 5.92 Å². The number of hydrogen-bond donors (Lipinski definition) is 1. The first-order chi connectivity index (χ1) is 24.3. The molecule has 6 saturated heterocycles. The molecule has 0 aliphatic carbocycles. The molecule has 262 valence electrons. The lowest BCUT2D eigenvalue weighted by Crippen LogP contribution is -2.70. The number of pyridine rings is 1. The highest BCUT2D eigenvalue weighted by Gasteiger charge is 2.47. The highest BCUT2D eigenvalue weighted by molar-refractivity contribution is 7.23. The summed E-state index contributed by atoms with van der Waals surface area (Å²) < 4.78 is 61.0. The Balaban J connectivity index is 0.000000323. The number of nitrogens with two attached hydrogens (primary N) is 1. The van der Waals surface area contributed by atoms with Crippen LogP contribution >= 0.6 is 11.3 Å². The monoisotopic (exact) mass is 706 g/mol. The molecule has 6 fully saturated rings. The molecule has 4 atom stereocenters. The van der Waals surface area contributed by atoms with Crippen LogP contribution in [-0.2, 0) is 22.7 Å². The maximum Gasteiger partial charge on any atom is 0.318 e. The van der Waals surface area contributed by atoms with Gasteiger partial charge in [-0.25, -0.2) is 13.2 Å². The molecule has 4 aromatic rings. The Kier molecular flexibility index (Phi) is 8.00. The van der Waals surface area contributed by atoms with E-state index < -0.39 is 17.8 Å². The minimum Gasteiger partial charge on any atom is -0.467 e. The number of hydrogen-bond acceptors (Lipinski definition) is 12. The number of nitrogens with zero attached hydrogens (tertiary/aromatic N) is 7. The number of alkyl halides is 1. The van der Waals surface area contributed by atoms with E-state index in [4.69, 9.17) is 24.9 Å². The van der Waals surface area contributed by atoms with E-state index >= 15 is 4.39 Å². The van der Waals surface area contributed by atoms with Crippen LogP contribution in [0.3, 0.4) is 0 Å². The largest absolute Gasteiger partial charge is 0.467 e. The van der Waals surface area contributed by atoms with Crippen molar-refractivity contribution in [1.29, 1.82) is 5.26 Å². The van der Waals surface area contributed by atoms with Crippen LogP contribution in [0.4, 0.5) is 24.0 Å². The van der Waals surface area contributed by atoms with E-state index in [0.717, 1.165) is 75.3 Å². The summed E-state index contributed by atoms with van der Waals surface area (Å²) in [6, 6.07) is 3.19. The summed E-state index contributed by atoms with van der Waals surface area (Å²) in [7, 11) is 1.46. The average molecular weight is 707 g/mol. The Hall–Kier alpha value is -3.81. The normalized spacial score (nSPS) is 25.9.